The number of carbonyl (C=O) groups is 3. The first kappa shape index (κ1) is 73.3. The molecule has 30 heteroatoms. The molecule has 2 amide bonds. The molecule has 5 aliphatic heterocycles. The number of hydrogen-bond acceptors (Lipinski definition) is 28. The van der Waals surface area contributed by atoms with Crippen LogP contribution in [0.4, 0.5) is 0 Å². The van der Waals surface area contributed by atoms with Crippen LogP contribution in [-0.4, -0.2) is 292 Å². The fourth-order valence-electron chi connectivity index (χ4n) is 16.9. The molecular weight excluding hydrogens is 1220 g/mol. The Labute approximate surface area is 533 Å². The molecule has 5 saturated heterocycles. The number of hydrogen-bond donors (Lipinski definition) is 17. The summed E-state index contributed by atoms with van der Waals surface area (Å²) in [4.78, 5) is 38.5. The number of ether oxygens (including phenoxy) is 10. The quantitative estimate of drug-likeness (QED) is 0.0310. The van der Waals surface area contributed by atoms with Gasteiger partial charge in [0.1, 0.15) is 116 Å². The third-order valence-electron chi connectivity index (χ3n) is 21.8. The molecule has 9 rings (SSSR count). The SMILES string of the molecule is CC(=O)N[C@H]1[C@H](O[C@H]2[C@H](O[C@H]3CC[C@@]4(C)C(CCC5=C6[C@@H](O)C[C@H]([C@H](C)CC(=O)C=C(C)C)[C@@]6(C)CC[C@@]54O)C3(C)C)OC[C@@H](O[C@@H]3O[C@H](CO)[C@H](O)[C@H](O)[C@H]3NC(C)=O)[C@@H]2O)O[C@H](CO[C@@H]2O[C@H](CO)[C@@H](O)[C@H](O)[C@H]2O[C@@H]2O[C@H](CO)[C@@H](O)[C@H](O)[C@H]2O)[C@H](O)[C@@H]1O. The van der Waals surface area contributed by atoms with E-state index in [1.807, 2.05) is 27.7 Å². The molecule has 1 unspecified atom stereocenters. The van der Waals surface area contributed by atoms with Crippen molar-refractivity contribution in [3.63, 3.8) is 0 Å². The summed E-state index contributed by atoms with van der Waals surface area (Å²) in [7, 11) is 0. The third-order valence-corrected chi connectivity index (χ3v) is 21.8. The third kappa shape index (κ3) is 13.8. The number of nitrogens with one attached hydrogen (secondary N) is 2. The number of allylic oxidation sites excluding steroid dienone is 2. The summed E-state index contributed by atoms with van der Waals surface area (Å²) in [5, 5.41) is 173. The van der Waals surface area contributed by atoms with Crippen molar-refractivity contribution in [3.8, 4) is 0 Å². The van der Waals surface area contributed by atoms with E-state index in [4.69, 9.17) is 47.4 Å². The summed E-state index contributed by atoms with van der Waals surface area (Å²) in [5.74, 6) is -1.67. The standard InChI is InChI=1S/C62H100N2O28/c1-24(2)16-28(70)17-25(3)30-18-31(71)39-29-10-11-37-59(6,7)38(12-13-61(37,9)62(29,82)15-14-60(30,39)8)90-58-52(46(76)36(23-84-58)89-54-40(63-26(4)68)47(77)42(72)32(19-65)85-54)91-55-41(64-27(5)69)48(78)45(75)35(88-55)22-83-57-53(50(80)44(74)34(21-67)87-57)92-56-51(81)49(79)43(73)33(20-66)86-56/h16,25,30-38,40-58,65-67,71-82H,10-15,17-23H2,1-9H3,(H,63,68)(H,64,69)/t25-,30-,31+,32-,33-,34-,35-,36-,37?,38+,40-,41-,42+,43-,44-,45+,46+,47-,48-,49+,50+,51-,52-,53-,54+,55+,56+,57-,58+,60-,61+,62-/m1/s1. The lowest BCUT2D eigenvalue weighted by molar-refractivity contribution is -0.380. The first-order chi connectivity index (χ1) is 43.2. The molecule has 92 heavy (non-hydrogen) atoms. The molecule has 0 spiro atoms. The maximum absolute atomic E-state index is 13.4. The van der Waals surface area contributed by atoms with Gasteiger partial charge in [0.2, 0.25) is 11.8 Å². The van der Waals surface area contributed by atoms with Gasteiger partial charge in [0, 0.05) is 25.7 Å². The fraction of sp³-hybridized carbons (Fsp3) is 0.887. The van der Waals surface area contributed by atoms with Crippen molar-refractivity contribution in [1.82, 2.24) is 10.6 Å². The minimum Gasteiger partial charge on any atom is -0.394 e. The van der Waals surface area contributed by atoms with Crippen LogP contribution in [0.15, 0.2) is 22.8 Å². The van der Waals surface area contributed by atoms with Crippen molar-refractivity contribution in [2.75, 3.05) is 33.0 Å². The van der Waals surface area contributed by atoms with Crippen LogP contribution < -0.4 is 10.6 Å². The van der Waals surface area contributed by atoms with Gasteiger partial charge in [-0.3, -0.25) is 14.4 Å². The van der Waals surface area contributed by atoms with Gasteiger partial charge >= 0.3 is 0 Å². The van der Waals surface area contributed by atoms with Crippen molar-refractivity contribution in [2.45, 2.75) is 279 Å². The molecule has 8 fully saturated rings. The first-order valence-corrected chi connectivity index (χ1v) is 32.1. The van der Waals surface area contributed by atoms with Crippen LogP contribution in [0.25, 0.3) is 0 Å². The van der Waals surface area contributed by atoms with Crippen molar-refractivity contribution >= 4 is 17.6 Å². The van der Waals surface area contributed by atoms with Gasteiger partial charge in [0.05, 0.1) is 50.8 Å². The molecule has 0 radical (unpaired) electrons. The number of carbonyl (C=O) groups excluding carboxylic acids is 3. The van der Waals surface area contributed by atoms with E-state index in [1.54, 1.807) is 6.08 Å². The average molecular weight is 1320 g/mol. The van der Waals surface area contributed by atoms with Gasteiger partial charge in [-0.05, 0) is 105 Å². The highest BCUT2D eigenvalue weighted by atomic mass is 16.8. The van der Waals surface area contributed by atoms with E-state index in [2.05, 4.69) is 31.4 Å². The van der Waals surface area contributed by atoms with Crippen molar-refractivity contribution in [2.24, 2.45) is 34.0 Å². The number of amides is 2. The largest absolute Gasteiger partial charge is 0.394 e. The summed E-state index contributed by atoms with van der Waals surface area (Å²) in [6, 6.07) is -3.15. The van der Waals surface area contributed by atoms with Gasteiger partial charge in [0.15, 0.2) is 37.2 Å². The second-order valence-electron chi connectivity index (χ2n) is 28.4. The summed E-state index contributed by atoms with van der Waals surface area (Å²) >= 11 is 0. The molecular formula is C62H100N2O28. The Hall–Kier alpha value is -2.91. The normalized spacial score (nSPS) is 48.1. The van der Waals surface area contributed by atoms with Crippen molar-refractivity contribution < 1.29 is 138 Å². The van der Waals surface area contributed by atoms with Crippen LogP contribution in [0.2, 0.25) is 0 Å². The molecule has 0 aromatic carbocycles. The minimum atomic E-state index is -2.01. The number of aliphatic hydroxyl groups is 15. The lowest BCUT2D eigenvalue weighted by Gasteiger charge is -2.65. The lowest BCUT2D eigenvalue weighted by Crippen LogP contribution is -2.69. The Bertz CT molecular complexity index is 2630. The Morgan fingerprint density at radius 3 is 1.71 bits per heavy atom. The molecule has 4 aliphatic carbocycles. The Kier molecular flexibility index (Phi) is 23.0. The van der Waals surface area contributed by atoms with Crippen LogP contribution in [0.5, 0.6) is 0 Å². The summed E-state index contributed by atoms with van der Waals surface area (Å²) in [6.07, 6.45) is -35.5. The first-order valence-electron chi connectivity index (χ1n) is 32.1. The molecule has 526 valence electrons. The van der Waals surface area contributed by atoms with E-state index < -0.39 is 226 Å². The number of fused-ring (bicyclic) bond motifs is 4. The van der Waals surface area contributed by atoms with E-state index in [0.29, 0.717) is 51.4 Å². The van der Waals surface area contributed by atoms with E-state index in [0.717, 1.165) is 30.6 Å². The maximum Gasteiger partial charge on any atom is 0.217 e. The summed E-state index contributed by atoms with van der Waals surface area (Å²) in [5.41, 5.74) is -0.732. The van der Waals surface area contributed by atoms with Gasteiger partial charge in [-0.1, -0.05) is 40.2 Å². The van der Waals surface area contributed by atoms with Crippen LogP contribution in [0.1, 0.15) is 114 Å². The lowest BCUT2D eigenvalue weighted by atomic mass is 9.42. The van der Waals surface area contributed by atoms with Crippen molar-refractivity contribution in [3.05, 3.63) is 22.8 Å². The second kappa shape index (κ2) is 28.9. The van der Waals surface area contributed by atoms with E-state index in [-0.39, 0.29) is 23.5 Å². The Balaban J connectivity index is 1.000. The molecule has 0 aromatic rings. The predicted octanol–water partition coefficient (Wildman–Crippen LogP) is -4.60. The molecule has 3 saturated carbocycles. The zero-order valence-corrected chi connectivity index (χ0v) is 53.5. The van der Waals surface area contributed by atoms with E-state index >= 15 is 0 Å². The van der Waals surface area contributed by atoms with E-state index in [1.165, 1.54) is 0 Å². The highest BCUT2D eigenvalue weighted by molar-refractivity contribution is 5.90. The van der Waals surface area contributed by atoms with E-state index in [9.17, 15) is 91.0 Å². The van der Waals surface area contributed by atoms with Crippen LogP contribution in [0.3, 0.4) is 0 Å². The zero-order chi connectivity index (χ0) is 67.6. The molecule has 9 aliphatic rings. The molecule has 0 bridgehead atoms. The summed E-state index contributed by atoms with van der Waals surface area (Å²) < 4.78 is 61.6. The Morgan fingerprint density at radius 1 is 0.598 bits per heavy atom. The number of ketones is 1. The van der Waals surface area contributed by atoms with Gasteiger partial charge in [0.25, 0.3) is 0 Å². The van der Waals surface area contributed by atoms with Crippen LogP contribution >= 0.6 is 0 Å². The predicted molar refractivity (Wildman–Crippen MR) is 312 cm³/mol. The second-order valence-corrected chi connectivity index (χ2v) is 28.4. The van der Waals surface area contributed by atoms with Gasteiger partial charge < -0.3 is 135 Å². The summed E-state index contributed by atoms with van der Waals surface area (Å²) in [6.45, 7) is 12.4. The van der Waals surface area contributed by atoms with Crippen molar-refractivity contribution in [1.29, 1.82) is 0 Å². The maximum atomic E-state index is 13.4. The van der Waals surface area contributed by atoms with Crippen LogP contribution in [-0.2, 0) is 61.8 Å². The molecule has 32 atom stereocenters. The molecule has 17 N–H and O–H groups in total. The highest BCUT2D eigenvalue weighted by Gasteiger charge is 2.68. The molecule has 0 aromatic heterocycles. The Morgan fingerprint density at radius 2 is 1.12 bits per heavy atom. The molecule has 5 heterocycles. The minimum absolute atomic E-state index is 0.00626. The van der Waals surface area contributed by atoms with Gasteiger partial charge in [-0.2, -0.15) is 0 Å². The fourth-order valence-corrected chi connectivity index (χ4v) is 16.9. The van der Waals surface area contributed by atoms with Gasteiger partial charge in [-0.15, -0.1) is 0 Å². The monoisotopic (exact) mass is 1320 g/mol. The smallest absolute Gasteiger partial charge is 0.217 e. The topological polar surface area (TPSA) is 471 Å². The molecule has 30 nitrogen and oxygen atoms in total. The average Bonchev–Trinajstić information content (AvgIpc) is 1.21. The number of aliphatic hydroxyl groups excluding tert-OH is 14. The highest BCUT2D eigenvalue weighted by Crippen LogP contribution is 2.70. The van der Waals surface area contributed by atoms with Crippen LogP contribution in [0, 0.1) is 34.0 Å². The zero-order valence-electron chi connectivity index (χ0n) is 53.5. The van der Waals surface area contributed by atoms with Gasteiger partial charge in [-0.25, -0.2) is 0 Å². The number of rotatable bonds is 20.